The van der Waals surface area contributed by atoms with Gasteiger partial charge in [-0.25, -0.2) is 0 Å². The predicted octanol–water partition coefficient (Wildman–Crippen LogP) is 3.57. The molecule has 1 amide bonds. The molecule has 5 nitrogen and oxygen atoms in total. The lowest BCUT2D eigenvalue weighted by molar-refractivity contribution is -0.146. The van der Waals surface area contributed by atoms with Crippen LogP contribution in [0.5, 0.6) is 0 Å². The molecule has 0 saturated heterocycles. The third-order valence-corrected chi connectivity index (χ3v) is 4.31. The molecule has 0 aromatic heterocycles. The normalized spacial score (nSPS) is 15.1. The lowest BCUT2D eigenvalue weighted by Gasteiger charge is -2.32. The van der Waals surface area contributed by atoms with Crippen molar-refractivity contribution in [2.45, 2.75) is 26.0 Å². The number of carbonyl (C=O) groups is 2. The van der Waals surface area contributed by atoms with E-state index >= 15 is 0 Å². The molecule has 0 spiro atoms. The molecule has 130 valence electrons. The van der Waals surface area contributed by atoms with E-state index < -0.39 is 0 Å². The molecule has 0 unspecified atom stereocenters. The second-order valence-electron chi connectivity index (χ2n) is 6.06. The van der Waals surface area contributed by atoms with Crippen molar-refractivity contribution in [3.8, 4) is 6.07 Å². The van der Waals surface area contributed by atoms with E-state index in [0.717, 1.165) is 16.7 Å². The standard InChI is InChI=1S/C21H18N2O3/c1-15(24)23-11-10-18-4-2-3-5-19(18)20(23)12-21(25)26-14-17-8-6-16(13-22)7-9-17/h2-11,20H,12,14H2,1H3/t20-/m0/s1. The first kappa shape index (κ1) is 17.4. The second-order valence-corrected chi connectivity index (χ2v) is 6.06. The molecule has 0 aliphatic carbocycles. The lowest BCUT2D eigenvalue weighted by Crippen LogP contribution is -2.32. The van der Waals surface area contributed by atoms with Gasteiger partial charge in [0.25, 0.3) is 0 Å². The van der Waals surface area contributed by atoms with E-state index in [4.69, 9.17) is 10.00 Å². The molecule has 1 heterocycles. The summed E-state index contributed by atoms with van der Waals surface area (Å²) in [5.41, 5.74) is 3.29. The summed E-state index contributed by atoms with van der Waals surface area (Å²) in [7, 11) is 0. The molecular weight excluding hydrogens is 328 g/mol. The van der Waals surface area contributed by atoms with Crippen LogP contribution < -0.4 is 0 Å². The Balaban J connectivity index is 1.69. The Morgan fingerprint density at radius 3 is 2.58 bits per heavy atom. The number of amides is 1. The van der Waals surface area contributed by atoms with Crippen LogP contribution in [0.2, 0.25) is 0 Å². The molecule has 0 fully saturated rings. The minimum atomic E-state index is -0.379. The predicted molar refractivity (Wildman–Crippen MR) is 96.3 cm³/mol. The summed E-state index contributed by atoms with van der Waals surface area (Å²) in [5, 5.41) is 8.81. The molecule has 26 heavy (non-hydrogen) atoms. The molecule has 1 aliphatic rings. The number of hydrogen-bond acceptors (Lipinski definition) is 4. The van der Waals surface area contributed by atoms with Crippen molar-refractivity contribution < 1.29 is 14.3 Å². The maximum absolute atomic E-state index is 12.3. The van der Waals surface area contributed by atoms with Crippen molar-refractivity contribution >= 4 is 18.0 Å². The van der Waals surface area contributed by atoms with Crippen molar-refractivity contribution in [2.75, 3.05) is 0 Å². The first-order valence-electron chi connectivity index (χ1n) is 8.29. The smallest absolute Gasteiger partial charge is 0.308 e. The summed E-state index contributed by atoms with van der Waals surface area (Å²) in [6, 6.07) is 16.3. The van der Waals surface area contributed by atoms with Gasteiger partial charge in [-0.3, -0.25) is 9.59 Å². The first-order chi connectivity index (χ1) is 12.6. The number of carbonyl (C=O) groups excluding carboxylic acids is 2. The molecule has 1 atom stereocenters. The number of hydrogen-bond donors (Lipinski definition) is 0. The van der Waals surface area contributed by atoms with E-state index in [0.29, 0.717) is 5.56 Å². The van der Waals surface area contributed by atoms with E-state index in [-0.39, 0.29) is 30.9 Å². The molecule has 2 aromatic rings. The van der Waals surface area contributed by atoms with Gasteiger partial charge in [-0.2, -0.15) is 5.26 Å². The number of nitriles is 1. The van der Waals surface area contributed by atoms with Crippen LogP contribution in [-0.2, 0) is 20.9 Å². The summed E-state index contributed by atoms with van der Waals surface area (Å²) >= 11 is 0. The maximum Gasteiger partial charge on any atom is 0.308 e. The van der Waals surface area contributed by atoms with E-state index in [1.54, 1.807) is 35.4 Å². The molecule has 0 N–H and O–H groups in total. The molecule has 2 aromatic carbocycles. The molecule has 3 rings (SSSR count). The van der Waals surface area contributed by atoms with Gasteiger partial charge in [0.1, 0.15) is 6.61 Å². The summed E-state index contributed by atoms with van der Waals surface area (Å²) < 4.78 is 5.36. The number of benzene rings is 2. The fourth-order valence-corrected chi connectivity index (χ4v) is 2.97. The Hall–Kier alpha value is -3.39. The van der Waals surface area contributed by atoms with E-state index in [1.165, 1.54) is 6.92 Å². The zero-order valence-corrected chi connectivity index (χ0v) is 14.4. The van der Waals surface area contributed by atoms with Crippen LogP contribution in [0.3, 0.4) is 0 Å². The number of rotatable bonds is 4. The van der Waals surface area contributed by atoms with E-state index in [2.05, 4.69) is 0 Å². The van der Waals surface area contributed by atoms with Gasteiger partial charge in [-0.05, 0) is 34.9 Å². The fourth-order valence-electron chi connectivity index (χ4n) is 2.97. The van der Waals surface area contributed by atoms with Crippen molar-refractivity contribution in [3.05, 3.63) is 77.0 Å². The van der Waals surface area contributed by atoms with Gasteiger partial charge in [0.15, 0.2) is 0 Å². The Kier molecular flexibility index (Phi) is 5.14. The topological polar surface area (TPSA) is 70.4 Å². The fraction of sp³-hybridized carbons (Fsp3) is 0.190. The highest BCUT2D eigenvalue weighted by Crippen LogP contribution is 2.33. The Labute approximate surface area is 152 Å². The minimum absolute atomic E-state index is 0.0806. The summed E-state index contributed by atoms with van der Waals surface area (Å²) in [5.74, 6) is -0.503. The summed E-state index contributed by atoms with van der Waals surface area (Å²) in [6.07, 6.45) is 3.66. The van der Waals surface area contributed by atoms with Gasteiger partial charge in [0.2, 0.25) is 5.91 Å². The maximum atomic E-state index is 12.3. The molecular formula is C21H18N2O3. The van der Waals surface area contributed by atoms with Gasteiger partial charge in [-0.1, -0.05) is 36.4 Å². The van der Waals surface area contributed by atoms with Crippen molar-refractivity contribution in [2.24, 2.45) is 0 Å². The highest BCUT2D eigenvalue weighted by atomic mass is 16.5. The molecule has 0 saturated carbocycles. The number of ether oxygens (including phenoxy) is 1. The lowest BCUT2D eigenvalue weighted by atomic mass is 9.94. The van der Waals surface area contributed by atoms with Gasteiger partial charge in [0, 0.05) is 13.1 Å². The van der Waals surface area contributed by atoms with Crippen molar-refractivity contribution in [1.29, 1.82) is 5.26 Å². The van der Waals surface area contributed by atoms with Crippen LogP contribution in [0, 0.1) is 11.3 Å². The van der Waals surface area contributed by atoms with Crippen molar-refractivity contribution in [1.82, 2.24) is 4.90 Å². The highest BCUT2D eigenvalue weighted by Gasteiger charge is 2.28. The zero-order valence-electron chi connectivity index (χ0n) is 14.4. The largest absolute Gasteiger partial charge is 0.461 e. The van der Waals surface area contributed by atoms with Crippen LogP contribution in [0.15, 0.2) is 54.7 Å². The monoisotopic (exact) mass is 346 g/mol. The van der Waals surface area contributed by atoms with E-state index in [1.807, 2.05) is 36.4 Å². The number of esters is 1. The number of nitrogens with zero attached hydrogens (tertiary/aromatic N) is 2. The Morgan fingerprint density at radius 1 is 1.15 bits per heavy atom. The zero-order chi connectivity index (χ0) is 18.5. The number of fused-ring (bicyclic) bond motifs is 1. The van der Waals surface area contributed by atoms with Crippen LogP contribution in [0.25, 0.3) is 6.08 Å². The third-order valence-electron chi connectivity index (χ3n) is 4.31. The highest BCUT2D eigenvalue weighted by molar-refractivity contribution is 5.80. The van der Waals surface area contributed by atoms with Gasteiger partial charge < -0.3 is 9.64 Å². The quantitative estimate of drug-likeness (QED) is 0.794. The van der Waals surface area contributed by atoms with Crippen LogP contribution in [0.1, 0.15) is 41.6 Å². The SMILES string of the molecule is CC(=O)N1C=Cc2ccccc2[C@@H]1CC(=O)OCc1ccc(C#N)cc1. The first-order valence-corrected chi connectivity index (χ1v) is 8.29. The third kappa shape index (κ3) is 3.81. The van der Waals surface area contributed by atoms with Gasteiger partial charge in [0.05, 0.1) is 24.1 Å². The summed E-state index contributed by atoms with van der Waals surface area (Å²) in [6.45, 7) is 1.61. The van der Waals surface area contributed by atoms with Gasteiger partial charge in [-0.15, -0.1) is 0 Å². The minimum Gasteiger partial charge on any atom is -0.461 e. The molecule has 5 heteroatoms. The van der Waals surface area contributed by atoms with Crippen LogP contribution >= 0.6 is 0 Å². The second kappa shape index (κ2) is 7.66. The summed E-state index contributed by atoms with van der Waals surface area (Å²) in [4.78, 5) is 25.8. The average Bonchev–Trinajstić information content (AvgIpc) is 2.66. The van der Waals surface area contributed by atoms with Crippen LogP contribution in [-0.4, -0.2) is 16.8 Å². The van der Waals surface area contributed by atoms with Gasteiger partial charge >= 0.3 is 5.97 Å². The molecule has 1 aliphatic heterocycles. The Morgan fingerprint density at radius 2 is 1.88 bits per heavy atom. The Bertz CT molecular complexity index is 894. The van der Waals surface area contributed by atoms with Crippen LogP contribution in [0.4, 0.5) is 0 Å². The van der Waals surface area contributed by atoms with E-state index in [9.17, 15) is 9.59 Å². The molecule has 0 bridgehead atoms. The van der Waals surface area contributed by atoms with Crippen molar-refractivity contribution in [3.63, 3.8) is 0 Å². The average molecular weight is 346 g/mol. The molecule has 0 radical (unpaired) electrons.